The van der Waals surface area contributed by atoms with E-state index in [2.05, 4.69) is 6.07 Å². The Kier molecular flexibility index (Phi) is 3.03. The van der Waals surface area contributed by atoms with Crippen molar-refractivity contribution in [1.82, 2.24) is 0 Å². The number of hydrogen-bond acceptors (Lipinski definition) is 6. The van der Waals surface area contributed by atoms with Crippen LogP contribution in [0.25, 0.3) is 5.76 Å². The summed E-state index contributed by atoms with van der Waals surface area (Å²) in [6.45, 7) is 0. The van der Waals surface area contributed by atoms with Crippen molar-refractivity contribution in [3.8, 4) is 12.1 Å². The first kappa shape index (κ1) is 16.4. The number of carbonyl (C=O) groups is 1. The van der Waals surface area contributed by atoms with Gasteiger partial charge in [-0.25, -0.2) is 0 Å². The number of Topliss-reactive ketones (excluding diaryl/α,β-unsaturated/α-hetero) is 1. The van der Waals surface area contributed by atoms with E-state index < -0.39 is 17.0 Å². The third-order valence-corrected chi connectivity index (χ3v) is 5.67. The molecule has 134 valence electrons. The Morgan fingerprint density at radius 3 is 2.32 bits per heavy atom. The van der Waals surface area contributed by atoms with E-state index in [1.54, 1.807) is 48.5 Å². The first-order chi connectivity index (χ1) is 13.5. The average molecular weight is 388 g/mol. The second-order valence-corrected chi connectivity index (χ2v) is 7.06. The maximum atomic E-state index is 13.6. The van der Waals surface area contributed by atoms with Crippen LogP contribution in [0.2, 0.25) is 5.02 Å². The van der Waals surface area contributed by atoms with Gasteiger partial charge >= 0.3 is 5.79 Å². The van der Waals surface area contributed by atoms with Gasteiger partial charge in [0.25, 0.3) is 0 Å². The molecule has 0 fully saturated rings. The van der Waals surface area contributed by atoms with Gasteiger partial charge in [0.05, 0.1) is 0 Å². The maximum absolute atomic E-state index is 13.6. The van der Waals surface area contributed by atoms with Crippen LogP contribution in [0.15, 0.2) is 65.6 Å². The Bertz CT molecular complexity index is 1230. The van der Waals surface area contributed by atoms with Gasteiger partial charge in [0.15, 0.2) is 11.2 Å². The molecule has 2 aromatic carbocycles. The summed E-state index contributed by atoms with van der Waals surface area (Å²) in [4.78, 5) is 13.6. The molecular weight excluding hydrogens is 378 g/mol. The van der Waals surface area contributed by atoms with Crippen molar-refractivity contribution < 1.29 is 14.3 Å². The SMILES string of the molecule is N#CC1=C(N)O[C@@]23OC(c4ccc(Cl)cc4)=C(C#N)[C@@]12C(=O)c1ccccc13. The standard InChI is InChI=1S/C21H10ClN3O3/c22-12-7-5-11(6-8-12)17-15(9-23)20-16(10-24)19(25)28-21(20,27-17)14-4-2-1-3-13(14)18(20)26/h1-8H,25H2/t20-,21+/m0/s1. The van der Waals surface area contributed by atoms with Crippen LogP contribution in [0.1, 0.15) is 21.5 Å². The number of benzene rings is 2. The lowest BCUT2D eigenvalue weighted by atomic mass is 9.69. The molecule has 1 aliphatic carbocycles. The first-order valence-electron chi connectivity index (χ1n) is 8.34. The third kappa shape index (κ3) is 1.56. The van der Waals surface area contributed by atoms with E-state index in [0.717, 1.165) is 0 Å². The van der Waals surface area contributed by atoms with Crippen molar-refractivity contribution in [3.05, 3.63) is 87.3 Å². The van der Waals surface area contributed by atoms with Crippen LogP contribution >= 0.6 is 11.6 Å². The predicted molar refractivity (Wildman–Crippen MR) is 97.9 cm³/mol. The van der Waals surface area contributed by atoms with Gasteiger partial charge in [-0.05, 0) is 24.3 Å². The molecule has 28 heavy (non-hydrogen) atoms. The number of halogens is 1. The van der Waals surface area contributed by atoms with Crippen molar-refractivity contribution in [3.63, 3.8) is 0 Å². The Labute approximate surface area is 164 Å². The molecular formula is C21H10ClN3O3. The fourth-order valence-electron chi connectivity index (χ4n) is 4.32. The zero-order valence-electron chi connectivity index (χ0n) is 14.2. The van der Waals surface area contributed by atoms with Crippen LogP contribution in [0.3, 0.4) is 0 Å². The maximum Gasteiger partial charge on any atom is 0.303 e. The Morgan fingerprint density at radius 2 is 1.64 bits per heavy atom. The molecule has 2 aliphatic heterocycles. The van der Waals surface area contributed by atoms with Gasteiger partial charge in [-0.15, -0.1) is 0 Å². The Hall–Kier alpha value is -3.74. The van der Waals surface area contributed by atoms with Crippen LogP contribution in [-0.4, -0.2) is 5.78 Å². The highest BCUT2D eigenvalue weighted by Crippen LogP contribution is 2.70. The summed E-state index contributed by atoms with van der Waals surface area (Å²) in [6.07, 6.45) is 0. The number of rotatable bonds is 1. The molecule has 2 aromatic rings. The molecule has 0 spiro atoms. The van der Waals surface area contributed by atoms with Gasteiger partial charge in [-0.2, -0.15) is 10.5 Å². The van der Waals surface area contributed by atoms with E-state index in [9.17, 15) is 15.3 Å². The van der Waals surface area contributed by atoms with E-state index in [4.69, 9.17) is 26.8 Å². The molecule has 7 heteroatoms. The number of nitrogens with two attached hydrogens (primary N) is 1. The summed E-state index contributed by atoms with van der Waals surface area (Å²) in [5, 5.41) is 20.4. The smallest absolute Gasteiger partial charge is 0.303 e. The van der Waals surface area contributed by atoms with E-state index >= 15 is 0 Å². The molecule has 0 saturated heterocycles. The van der Waals surface area contributed by atoms with Crippen molar-refractivity contribution in [2.75, 3.05) is 0 Å². The summed E-state index contributed by atoms with van der Waals surface area (Å²) in [7, 11) is 0. The van der Waals surface area contributed by atoms with Gasteiger partial charge in [-0.3, -0.25) is 4.79 Å². The molecule has 5 rings (SSSR count). The minimum absolute atomic E-state index is 0.00646. The predicted octanol–water partition coefficient (Wildman–Crippen LogP) is 3.36. The minimum atomic E-state index is -1.76. The summed E-state index contributed by atoms with van der Waals surface area (Å²) < 4.78 is 12.1. The largest absolute Gasteiger partial charge is 0.445 e. The lowest BCUT2D eigenvalue weighted by Gasteiger charge is -2.31. The van der Waals surface area contributed by atoms with Gasteiger partial charge < -0.3 is 15.2 Å². The number of ether oxygens (including phenoxy) is 2. The molecule has 0 radical (unpaired) electrons. The quantitative estimate of drug-likeness (QED) is 0.803. The molecule has 0 bridgehead atoms. The van der Waals surface area contributed by atoms with Crippen LogP contribution in [0.4, 0.5) is 0 Å². The van der Waals surface area contributed by atoms with Gasteiger partial charge in [0.2, 0.25) is 5.88 Å². The molecule has 2 N–H and O–H groups in total. The van der Waals surface area contributed by atoms with Crippen molar-refractivity contribution in [2.45, 2.75) is 5.79 Å². The zero-order chi connectivity index (χ0) is 19.7. The number of carbonyl (C=O) groups excluding carboxylic acids is 1. The first-order valence-corrected chi connectivity index (χ1v) is 8.72. The fraction of sp³-hybridized carbons (Fsp3) is 0.0952. The Morgan fingerprint density at radius 1 is 0.964 bits per heavy atom. The molecule has 0 aromatic heterocycles. The number of fused-ring (bicyclic) bond motifs is 1. The second kappa shape index (κ2) is 5.16. The molecule has 0 saturated carbocycles. The summed E-state index contributed by atoms with van der Waals surface area (Å²) in [5.41, 5.74) is 5.38. The van der Waals surface area contributed by atoms with Crippen molar-refractivity contribution in [1.29, 1.82) is 10.5 Å². The van der Waals surface area contributed by atoms with Crippen LogP contribution in [0, 0.1) is 28.1 Å². The zero-order valence-corrected chi connectivity index (χ0v) is 14.9. The highest BCUT2D eigenvalue weighted by Gasteiger charge is 2.80. The number of ketones is 1. The van der Waals surface area contributed by atoms with E-state index in [1.165, 1.54) is 0 Å². The monoisotopic (exact) mass is 387 g/mol. The van der Waals surface area contributed by atoms with Crippen LogP contribution in [-0.2, 0) is 15.3 Å². The lowest BCUT2D eigenvalue weighted by Crippen LogP contribution is -2.43. The highest BCUT2D eigenvalue weighted by molar-refractivity contribution is 6.30. The van der Waals surface area contributed by atoms with E-state index in [1.807, 2.05) is 6.07 Å². The van der Waals surface area contributed by atoms with Crippen LogP contribution in [0.5, 0.6) is 0 Å². The third-order valence-electron chi connectivity index (χ3n) is 5.41. The van der Waals surface area contributed by atoms with Gasteiger partial charge in [-0.1, -0.05) is 35.9 Å². The summed E-state index contributed by atoms with van der Waals surface area (Å²) >= 11 is 5.96. The summed E-state index contributed by atoms with van der Waals surface area (Å²) in [5.74, 6) is -2.20. The summed E-state index contributed by atoms with van der Waals surface area (Å²) in [6, 6.07) is 17.4. The van der Waals surface area contributed by atoms with Gasteiger partial charge in [0.1, 0.15) is 29.0 Å². The van der Waals surface area contributed by atoms with Crippen molar-refractivity contribution >= 4 is 23.1 Å². The highest BCUT2D eigenvalue weighted by atomic mass is 35.5. The number of nitriles is 2. The number of nitrogens with zero attached hydrogens (tertiary/aromatic N) is 2. The minimum Gasteiger partial charge on any atom is -0.445 e. The normalized spacial score (nSPS) is 26.8. The van der Waals surface area contributed by atoms with E-state index in [0.29, 0.717) is 21.7 Å². The molecule has 2 atom stereocenters. The second-order valence-electron chi connectivity index (χ2n) is 6.62. The van der Waals surface area contributed by atoms with Crippen molar-refractivity contribution in [2.24, 2.45) is 11.1 Å². The fourth-order valence-corrected chi connectivity index (χ4v) is 4.45. The van der Waals surface area contributed by atoms with Crippen LogP contribution < -0.4 is 5.73 Å². The Balaban J connectivity index is 1.89. The molecule has 3 aliphatic rings. The van der Waals surface area contributed by atoms with E-state index in [-0.39, 0.29) is 22.8 Å². The lowest BCUT2D eigenvalue weighted by molar-refractivity contribution is -0.184. The topological polar surface area (TPSA) is 109 Å². The molecule has 0 amide bonds. The average Bonchev–Trinajstić information content (AvgIpc) is 3.20. The molecule has 0 unspecified atom stereocenters. The van der Waals surface area contributed by atoms with Gasteiger partial charge in [0, 0.05) is 21.7 Å². The molecule has 6 nitrogen and oxygen atoms in total. The number of hydrogen-bond donors (Lipinski definition) is 1. The molecule has 2 heterocycles.